The van der Waals surface area contributed by atoms with Gasteiger partial charge in [-0.1, -0.05) is 6.61 Å². The van der Waals surface area contributed by atoms with E-state index >= 15 is 0 Å². The van der Waals surface area contributed by atoms with Crippen molar-refractivity contribution < 1.29 is 9.16 Å². The highest BCUT2D eigenvalue weighted by Gasteiger charge is 1.80. The molecule has 0 atom stereocenters. The van der Waals surface area contributed by atoms with Crippen LogP contribution in [0.3, 0.4) is 0 Å². The molecule has 2 heteroatoms. The van der Waals surface area contributed by atoms with Crippen molar-refractivity contribution in [2.75, 3.05) is 6.61 Å². The predicted molar refractivity (Wildman–Crippen MR) is 22.7 cm³/mol. The van der Waals surface area contributed by atoms with Gasteiger partial charge in [-0.3, -0.25) is 0 Å². The van der Waals surface area contributed by atoms with E-state index in [1.807, 2.05) is 0 Å². The molecule has 0 fully saturated rings. The molecule has 0 heterocycles. The van der Waals surface area contributed by atoms with Gasteiger partial charge in [-0.05, 0) is 0 Å². The molecule has 6 heavy (non-hydrogen) atoms. The van der Waals surface area contributed by atoms with Gasteiger partial charge in [-0.2, -0.15) is 0 Å². The van der Waals surface area contributed by atoms with Crippen molar-refractivity contribution in [2.24, 2.45) is 0 Å². The molecule has 0 aromatic heterocycles. The first-order valence-electron chi connectivity index (χ1n) is 1.55. The second-order valence-corrected chi connectivity index (χ2v) is 0.634. The van der Waals surface area contributed by atoms with E-state index in [2.05, 4.69) is 22.9 Å². The number of ether oxygens (including phenoxy) is 1. The molecule has 0 aromatic carbocycles. The van der Waals surface area contributed by atoms with Crippen molar-refractivity contribution in [3.63, 3.8) is 0 Å². The molecule has 0 spiro atoms. The molecule has 0 amide bonds. The molecule has 0 aliphatic heterocycles. The largest absolute Gasteiger partial charge is 0.495 e. The Morgan fingerprint density at radius 1 is 2.00 bits per heavy atom. The van der Waals surface area contributed by atoms with Crippen LogP contribution in [0, 0.1) is 13.7 Å². The van der Waals surface area contributed by atoms with E-state index in [9.17, 15) is 0 Å². The van der Waals surface area contributed by atoms with Gasteiger partial charge in [-0.25, -0.2) is 4.42 Å². The lowest BCUT2D eigenvalue weighted by Gasteiger charge is -1.84. The van der Waals surface area contributed by atoms with Crippen LogP contribution < -0.4 is 0 Å². The minimum Gasteiger partial charge on any atom is -0.320 e. The van der Waals surface area contributed by atoms with Crippen LogP contribution in [-0.2, 0) is 9.16 Å². The van der Waals surface area contributed by atoms with E-state index in [0.717, 1.165) is 6.79 Å². The van der Waals surface area contributed by atoms with Crippen LogP contribution in [0.4, 0.5) is 0 Å². The highest BCUT2D eigenvalue weighted by molar-refractivity contribution is 5.12. The summed E-state index contributed by atoms with van der Waals surface area (Å²) in [6.45, 7) is 7.89. The van der Waals surface area contributed by atoms with Gasteiger partial charge in [0.15, 0.2) is 0 Å². The summed E-state index contributed by atoms with van der Waals surface area (Å²) in [6.07, 6.45) is 0. The standard InChI is InChI=1S/C4H7O2/c1-3-6-4-5-2/h4H,1-3H2. The maximum Gasteiger partial charge on any atom is 0.495 e. The molecule has 35 valence electrons. The van der Waals surface area contributed by atoms with Gasteiger partial charge in [-0.15, -0.1) is 0 Å². The van der Waals surface area contributed by atoms with Crippen LogP contribution in [-0.4, -0.2) is 13.4 Å². The molecule has 0 aromatic rings. The van der Waals surface area contributed by atoms with Gasteiger partial charge < -0.3 is 11.7 Å². The minimum atomic E-state index is 0.384. The summed E-state index contributed by atoms with van der Waals surface area (Å²) in [6, 6.07) is 0. The second-order valence-electron chi connectivity index (χ2n) is 0.634. The first-order chi connectivity index (χ1) is 2.91. The van der Waals surface area contributed by atoms with Crippen LogP contribution in [0.5, 0.6) is 0 Å². The first kappa shape index (κ1) is 5.63. The Labute approximate surface area is 37.4 Å². The summed E-state index contributed by atoms with van der Waals surface area (Å²) in [7, 11) is 0. The van der Waals surface area contributed by atoms with Gasteiger partial charge in [0.2, 0.25) is 0 Å². The zero-order chi connectivity index (χ0) is 4.83. The third kappa shape index (κ3) is 3.63. The summed E-state index contributed by atoms with van der Waals surface area (Å²) in [5.41, 5.74) is 0. The van der Waals surface area contributed by atoms with E-state index in [4.69, 9.17) is 0 Å². The highest BCUT2D eigenvalue weighted by Crippen LogP contribution is 1.71. The van der Waals surface area contributed by atoms with E-state index in [0.29, 0.717) is 6.61 Å². The smallest absolute Gasteiger partial charge is 0.320 e. The Hall–Kier alpha value is -0.370. The molecule has 0 bridgehead atoms. The van der Waals surface area contributed by atoms with Gasteiger partial charge >= 0.3 is 6.79 Å². The van der Waals surface area contributed by atoms with Crippen molar-refractivity contribution >= 4 is 6.79 Å². The normalized spacial score (nSPS) is 8.17. The minimum absolute atomic E-state index is 0.384. The van der Waals surface area contributed by atoms with Crippen LogP contribution in [0.2, 0.25) is 0 Å². The van der Waals surface area contributed by atoms with Crippen molar-refractivity contribution in [1.29, 1.82) is 0 Å². The fraction of sp³-hybridized carbons (Fsp3) is 0.250. The monoisotopic (exact) mass is 87.0 g/mol. The number of hydrogen-bond donors (Lipinski definition) is 0. The maximum absolute atomic E-state index is 4.46. The molecule has 0 aliphatic carbocycles. The third-order valence-electron chi connectivity index (χ3n) is 0.254. The average molecular weight is 87.1 g/mol. The Morgan fingerprint density at radius 3 is 2.83 bits per heavy atom. The van der Waals surface area contributed by atoms with E-state index in [1.165, 1.54) is 0 Å². The van der Waals surface area contributed by atoms with Crippen LogP contribution in [0.25, 0.3) is 0 Å². The molecule has 0 N–H and O–H groups in total. The SMILES string of the molecule is C=[O+][CH]OC[CH2-]. The average Bonchev–Trinajstić information content (AvgIpc) is 1.61. The van der Waals surface area contributed by atoms with Gasteiger partial charge in [0.05, 0.1) is 0 Å². The van der Waals surface area contributed by atoms with Crippen LogP contribution >= 0.6 is 0 Å². The van der Waals surface area contributed by atoms with Crippen molar-refractivity contribution in [1.82, 2.24) is 0 Å². The zero-order valence-electron chi connectivity index (χ0n) is 3.52. The molecule has 0 rings (SSSR count). The molecule has 0 saturated carbocycles. The Bertz CT molecular complexity index is 34.5. The van der Waals surface area contributed by atoms with Gasteiger partial charge in [0.25, 0.3) is 6.79 Å². The van der Waals surface area contributed by atoms with E-state index in [-0.39, 0.29) is 0 Å². The molecule has 1 radical (unpaired) electrons. The highest BCUT2D eigenvalue weighted by atomic mass is 16.6. The van der Waals surface area contributed by atoms with E-state index in [1.54, 1.807) is 0 Å². The fourth-order valence-corrected chi connectivity index (χ4v) is 0.0962. The van der Waals surface area contributed by atoms with Crippen molar-refractivity contribution in [3.8, 4) is 0 Å². The zero-order valence-corrected chi connectivity index (χ0v) is 3.52. The second kappa shape index (κ2) is 4.63. The van der Waals surface area contributed by atoms with Crippen molar-refractivity contribution in [2.45, 2.75) is 0 Å². The molecule has 0 saturated heterocycles. The number of rotatable bonds is 3. The quantitative estimate of drug-likeness (QED) is 0.276. The fourth-order valence-electron chi connectivity index (χ4n) is 0.0962. The number of hydrogen-bond acceptors (Lipinski definition) is 1. The summed E-state index contributed by atoms with van der Waals surface area (Å²) in [5.74, 6) is 0. The molecular formula is C4H7O2. The molecule has 0 unspecified atom stereocenters. The summed E-state index contributed by atoms with van der Waals surface area (Å²) < 4.78 is 8.61. The number of carbonyl (C=O) groups excluding carboxylic acids is 1. The lowest BCUT2D eigenvalue weighted by Crippen LogP contribution is -1.83. The van der Waals surface area contributed by atoms with Crippen LogP contribution in [0.1, 0.15) is 0 Å². The molecular weight excluding hydrogens is 80.0 g/mol. The first-order valence-corrected chi connectivity index (χ1v) is 1.55. The summed E-state index contributed by atoms with van der Waals surface area (Å²) >= 11 is 0. The topological polar surface area (TPSA) is 20.5 Å². The summed E-state index contributed by atoms with van der Waals surface area (Å²) in [4.78, 5) is 0. The Kier molecular flexibility index (Phi) is 4.34. The lowest BCUT2D eigenvalue weighted by molar-refractivity contribution is -0.443. The van der Waals surface area contributed by atoms with E-state index < -0.39 is 0 Å². The lowest BCUT2D eigenvalue weighted by atomic mass is 10.9. The summed E-state index contributed by atoms with van der Waals surface area (Å²) in [5, 5.41) is 0. The van der Waals surface area contributed by atoms with Crippen molar-refractivity contribution in [3.05, 3.63) is 13.7 Å². The predicted octanol–water partition coefficient (Wildman–Crippen LogP) is 0.321. The van der Waals surface area contributed by atoms with Gasteiger partial charge in [0.1, 0.15) is 0 Å². The molecule has 2 nitrogen and oxygen atoms in total. The Morgan fingerprint density at radius 2 is 2.67 bits per heavy atom. The Balaban J connectivity index is 2.49. The van der Waals surface area contributed by atoms with Crippen LogP contribution in [0.15, 0.2) is 0 Å². The molecule has 0 aliphatic rings. The maximum atomic E-state index is 4.46. The van der Waals surface area contributed by atoms with Gasteiger partial charge in [0, 0.05) is 0 Å². The third-order valence-corrected chi connectivity index (χ3v) is 0.254.